The molecule has 2 aromatic rings. The van der Waals surface area contributed by atoms with Crippen LogP contribution < -0.4 is 10.5 Å². The Labute approximate surface area is 107 Å². The first-order chi connectivity index (χ1) is 7.56. The van der Waals surface area contributed by atoms with Gasteiger partial charge in [0, 0.05) is 0 Å². The van der Waals surface area contributed by atoms with E-state index in [1.54, 1.807) is 19.2 Å². The van der Waals surface area contributed by atoms with E-state index in [2.05, 4.69) is 20.9 Å². The highest BCUT2D eigenvalue weighted by molar-refractivity contribution is 9.10. The number of halogens is 2. The van der Waals surface area contributed by atoms with Crippen molar-refractivity contribution in [1.82, 2.24) is 4.98 Å². The highest BCUT2D eigenvalue weighted by Gasteiger charge is 2.14. The van der Waals surface area contributed by atoms with E-state index in [1.165, 1.54) is 0 Å². The summed E-state index contributed by atoms with van der Waals surface area (Å²) in [5.41, 5.74) is 8.11. The second kappa shape index (κ2) is 4.11. The van der Waals surface area contributed by atoms with E-state index in [0.717, 1.165) is 15.6 Å². The molecule has 2 N–H and O–H groups in total. The molecule has 0 saturated heterocycles. The van der Waals surface area contributed by atoms with Crippen LogP contribution in [0.5, 0.6) is 5.75 Å². The topological polar surface area (TPSA) is 48.1 Å². The molecular weight excluding hydrogens is 291 g/mol. The molecule has 0 atom stereocenters. The van der Waals surface area contributed by atoms with Gasteiger partial charge in [-0.2, -0.15) is 0 Å². The molecule has 5 heteroatoms. The molecule has 0 unspecified atom stereocenters. The predicted molar refractivity (Wildman–Crippen MR) is 70.2 cm³/mol. The number of nitrogen functional groups attached to an aromatic ring is 1. The van der Waals surface area contributed by atoms with Crippen LogP contribution in [0.25, 0.3) is 10.9 Å². The molecule has 1 aromatic carbocycles. The van der Waals surface area contributed by atoms with Crippen LogP contribution in [0.3, 0.4) is 0 Å². The van der Waals surface area contributed by atoms with Crippen molar-refractivity contribution < 1.29 is 4.74 Å². The van der Waals surface area contributed by atoms with Crippen molar-refractivity contribution in [3.05, 3.63) is 27.3 Å². The van der Waals surface area contributed by atoms with Gasteiger partial charge in [0.2, 0.25) is 0 Å². The molecule has 1 aromatic heterocycles. The van der Waals surface area contributed by atoms with Crippen LogP contribution >= 0.6 is 27.5 Å². The minimum atomic E-state index is 0.568. The van der Waals surface area contributed by atoms with Crippen LogP contribution in [0.1, 0.15) is 5.69 Å². The molecule has 0 bridgehead atoms. The maximum atomic E-state index is 6.09. The summed E-state index contributed by atoms with van der Waals surface area (Å²) < 4.78 is 6.04. The fourth-order valence-electron chi connectivity index (χ4n) is 1.61. The number of aryl methyl sites for hydroxylation is 1. The summed E-state index contributed by atoms with van der Waals surface area (Å²) in [4.78, 5) is 4.41. The number of aromatic nitrogens is 1. The van der Waals surface area contributed by atoms with E-state index in [9.17, 15) is 0 Å². The van der Waals surface area contributed by atoms with Crippen molar-refractivity contribution >= 4 is 44.1 Å². The molecule has 16 heavy (non-hydrogen) atoms. The average molecular weight is 302 g/mol. The Morgan fingerprint density at radius 2 is 2.12 bits per heavy atom. The highest BCUT2D eigenvalue weighted by atomic mass is 79.9. The van der Waals surface area contributed by atoms with Crippen molar-refractivity contribution in [2.75, 3.05) is 12.8 Å². The summed E-state index contributed by atoms with van der Waals surface area (Å²) in [6.07, 6.45) is 0. The molecule has 0 spiro atoms. The molecule has 0 amide bonds. The van der Waals surface area contributed by atoms with E-state index in [-0.39, 0.29) is 0 Å². The van der Waals surface area contributed by atoms with Gasteiger partial charge in [0.1, 0.15) is 5.75 Å². The minimum Gasteiger partial charge on any atom is -0.496 e. The largest absolute Gasteiger partial charge is 0.496 e. The minimum absolute atomic E-state index is 0.568. The van der Waals surface area contributed by atoms with Crippen molar-refractivity contribution in [2.45, 2.75) is 6.92 Å². The van der Waals surface area contributed by atoms with Crippen molar-refractivity contribution in [3.8, 4) is 5.75 Å². The summed E-state index contributed by atoms with van der Waals surface area (Å²) >= 11 is 9.50. The number of hydrogen-bond donors (Lipinski definition) is 1. The first kappa shape index (κ1) is 11.5. The van der Waals surface area contributed by atoms with E-state index in [4.69, 9.17) is 22.1 Å². The lowest BCUT2D eigenvalue weighted by Crippen LogP contribution is -1.97. The molecule has 0 radical (unpaired) electrons. The Hall–Kier alpha value is -1.00. The Bertz CT molecular complexity index is 572. The first-order valence-electron chi connectivity index (χ1n) is 4.64. The van der Waals surface area contributed by atoms with Gasteiger partial charge < -0.3 is 10.5 Å². The van der Waals surface area contributed by atoms with Gasteiger partial charge in [0.25, 0.3) is 0 Å². The maximum Gasteiger partial charge on any atom is 0.130 e. The number of methoxy groups -OCH3 is 1. The number of nitrogens with zero attached hydrogens (tertiary/aromatic N) is 1. The normalized spacial score (nSPS) is 10.8. The van der Waals surface area contributed by atoms with Crippen LogP contribution in [-0.4, -0.2) is 12.1 Å². The molecule has 0 aliphatic heterocycles. The molecule has 1 heterocycles. The number of hydrogen-bond acceptors (Lipinski definition) is 3. The third kappa shape index (κ3) is 1.62. The number of rotatable bonds is 1. The zero-order chi connectivity index (χ0) is 11.9. The van der Waals surface area contributed by atoms with Crippen LogP contribution in [-0.2, 0) is 0 Å². The monoisotopic (exact) mass is 300 g/mol. The van der Waals surface area contributed by atoms with E-state index in [0.29, 0.717) is 22.0 Å². The van der Waals surface area contributed by atoms with E-state index < -0.39 is 0 Å². The van der Waals surface area contributed by atoms with E-state index in [1.807, 2.05) is 6.92 Å². The Kier molecular flexibility index (Phi) is 2.95. The van der Waals surface area contributed by atoms with Crippen LogP contribution in [0.2, 0.25) is 5.02 Å². The summed E-state index contributed by atoms with van der Waals surface area (Å²) in [6.45, 7) is 1.87. The summed E-state index contributed by atoms with van der Waals surface area (Å²) in [5.74, 6) is 0.671. The van der Waals surface area contributed by atoms with Gasteiger partial charge in [-0.05, 0) is 35.0 Å². The number of pyridine rings is 1. The lowest BCUT2D eigenvalue weighted by atomic mass is 10.1. The zero-order valence-electron chi connectivity index (χ0n) is 8.84. The predicted octanol–water partition coefficient (Wildman–Crippen LogP) is 3.55. The quantitative estimate of drug-likeness (QED) is 0.876. The summed E-state index contributed by atoms with van der Waals surface area (Å²) in [7, 11) is 1.59. The number of benzene rings is 1. The fourth-order valence-corrected chi connectivity index (χ4v) is 2.10. The molecular formula is C11H10BrClN2O. The number of nitrogens with two attached hydrogens (primary N) is 1. The number of fused-ring (bicyclic) bond motifs is 1. The van der Waals surface area contributed by atoms with E-state index >= 15 is 0 Å². The summed E-state index contributed by atoms with van der Waals surface area (Å²) in [5, 5.41) is 1.31. The molecule has 3 nitrogen and oxygen atoms in total. The van der Waals surface area contributed by atoms with Gasteiger partial charge in [-0.15, -0.1) is 0 Å². The lowest BCUT2D eigenvalue weighted by molar-refractivity contribution is 0.420. The van der Waals surface area contributed by atoms with Crippen LogP contribution in [0.15, 0.2) is 16.6 Å². The average Bonchev–Trinajstić information content (AvgIpc) is 2.27. The Morgan fingerprint density at radius 1 is 1.44 bits per heavy atom. The lowest BCUT2D eigenvalue weighted by Gasteiger charge is -2.11. The van der Waals surface area contributed by atoms with Gasteiger partial charge >= 0.3 is 0 Å². The van der Waals surface area contributed by atoms with Gasteiger partial charge in [-0.25, -0.2) is 0 Å². The Balaban J connectivity index is 2.99. The van der Waals surface area contributed by atoms with Crippen LogP contribution in [0.4, 0.5) is 5.69 Å². The van der Waals surface area contributed by atoms with Gasteiger partial charge in [0.05, 0.1) is 38.9 Å². The third-order valence-corrected chi connectivity index (χ3v) is 3.72. The maximum absolute atomic E-state index is 6.09. The fraction of sp³-hybridized carbons (Fsp3) is 0.182. The third-order valence-electron chi connectivity index (χ3n) is 2.41. The van der Waals surface area contributed by atoms with Crippen molar-refractivity contribution in [1.29, 1.82) is 0 Å². The number of ether oxygens (including phenoxy) is 1. The van der Waals surface area contributed by atoms with Gasteiger partial charge in [0.15, 0.2) is 0 Å². The van der Waals surface area contributed by atoms with Crippen molar-refractivity contribution in [2.24, 2.45) is 0 Å². The molecule has 0 aliphatic carbocycles. The molecule has 84 valence electrons. The highest BCUT2D eigenvalue weighted by Crippen LogP contribution is 2.38. The SMILES string of the molecule is COc1ccc(Cl)c2nc(C)c(Br)c(N)c12. The van der Waals surface area contributed by atoms with Gasteiger partial charge in [-0.1, -0.05) is 11.6 Å². The molecule has 0 fully saturated rings. The zero-order valence-corrected chi connectivity index (χ0v) is 11.2. The first-order valence-corrected chi connectivity index (χ1v) is 5.81. The smallest absolute Gasteiger partial charge is 0.130 e. The van der Waals surface area contributed by atoms with Gasteiger partial charge in [-0.3, -0.25) is 4.98 Å². The van der Waals surface area contributed by atoms with Crippen LogP contribution in [0, 0.1) is 6.92 Å². The molecule has 0 saturated carbocycles. The Morgan fingerprint density at radius 3 is 2.75 bits per heavy atom. The summed E-state index contributed by atoms with van der Waals surface area (Å²) in [6, 6.07) is 3.53. The van der Waals surface area contributed by atoms with Crippen molar-refractivity contribution in [3.63, 3.8) is 0 Å². The molecule has 0 aliphatic rings. The number of anilines is 1. The standard InChI is InChI=1S/C11H10BrClN2O/c1-5-9(12)10(14)8-7(16-2)4-3-6(13)11(8)15-5/h3-4H,1-2H3,(H2,14,15). The molecule has 2 rings (SSSR count). The second-order valence-corrected chi connectivity index (χ2v) is 4.60. The second-order valence-electron chi connectivity index (χ2n) is 3.40.